The number of hydrogen-bond acceptors (Lipinski definition) is 4. The monoisotopic (exact) mass is 310 g/mol. The Balaban J connectivity index is 2.04. The molecule has 1 fully saturated rings. The average molecular weight is 310 g/mol. The van der Waals surface area contributed by atoms with Crippen molar-refractivity contribution in [1.29, 1.82) is 0 Å². The van der Waals surface area contributed by atoms with Crippen LogP contribution in [0.25, 0.3) is 11.1 Å². The minimum absolute atomic E-state index is 0.444. The van der Waals surface area contributed by atoms with E-state index in [1.165, 1.54) is 0 Å². The van der Waals surface area contributed by atoms with E-state index in [-0.39, 0.29) is 0 Å². The van der Waals surface area contributed by atoms with E-state index in [0.717, 1.165) is 48.7 Å². The number of rotatable bonds is 3. The van der Waals surface area contributed by atoms with E-state index in [1.54, 1.807) is 6.20 Å². The third-order valence-corrected chi connectivity index (χ3v) is 4.42. The maximum Gasteiger partial charge on any atom is 0.250 e. The first-order chi connectivity index (χ1) is 11.1. The van der Waals surface area contributed by atoms with Gasteiger partial charge in [0.2, 0.25) is 0 Å². The van der Waals surface area contributed by atoms with Crippen LogP contribution in [-0.2, 0) is 0 Å². The highest BCUT2D eigenvalue weighted by molar-refractivity contribution is 6.00. The van der Waals surface area contributed by atoms with Gasteiger partial charge >= 0.3 is 0 Å². The summed E-state index contributed by atoms with van der Waals surface area (Å²) in [5, 5.41) is 0. The third-order valence-electron chi connectivity index (χ3n) is 4.42. The van der Waals surface area contributed by atoms with Gasteiger partial charge in [0.15, 0.2) is 0 Å². The van der Waals surface area contributed by atoms with Crippen LogP contribution >= 0.6 is 0 Å². The van der Waals surface area contributed by atoms with E-state index in [1.807, 2.05) is 37.3 Å². The number of carbonyl (C=O) groups is 1. The first-order valence-electron chi connectivity index (χ1n) is 7.85. The molecule has 2 heterocycles. The van der Waals surface area contributed by atoms with Crippen LogP contribution in [0.2, 0.25) is 0 Å². The predicted octanol–water partition coefficient (Wildman–Crippen LogP) is 1.91. The quantitative estimate of drug-likeness (QED) is 0.940. The molecule has 1 aliphatic rings. The van der Waals surface area contributed by atoms with Crippen LogP contribution in [0.15, 0.2) is 36.5 Å². The number of anilines is 1. The van der Waals surface area contributed by atoms with Crippen LogP contribution in [0, 0.1) is 6.92 Å². The topological polar surface area (TPSA) is 62.5 Å². The van der Waals surface area contributed by atoms with Gasteiger partial charge < -0.3 is 15.5 Å². The summed E-state index contributed by atoms with van der Waals surface area (Å²) in [4.78, 5) is 20.8. The minimum atomic E-state index is -0.444. The van der Waals surface area contributed by atoms with Crippen LogP contribution in [0.3, 0.4) is 0 Å². The van der Waals surface area contributed by atoms with Crippen molar-refractivity contribution in [2.45, 2.75) is 6.92 Å². The summed E-state index contributed by atoms with van der Waals surface area (Å²) in [6.07, 6.45) is 1.61. The molecule has 1 aromatic heterocycles. The van der Waals surface area contributed by atoms with Crippen molar-refractivity contribution in [2.75, 3.05) is 38.1 Å². The molecule has 0 spiro atoms. The molecule has 1 saturated heterocycles. The first-order valence-corrected chi connectivity index (χ1v) is 7.85. The van der Waals surface area contributed by atoms with Crippen LogP contribution in [0.4, 0.5) is 5.82 Å². The molecule has 2 aromatic rings. The molecule has 23 heavy (non-hydrogen) atoms. The third kappa shape index (κ3) is 3.19. The standard InChI is InChI=1S/C18H22N4O/c1-13-5-3-4-6-14(13)15-11-17(20-12-16(15)18(19)23)22-9-7-21(2)8-10-22/h3-6,11-12H,7-10H2,1-2H3,(H2,19,23). The smallest absolute Gasteiger partial charge is 0.250 e. The van der Waals surface area contributed by atoms with E-state index in [2.05, 4.69) is 21.8 Å². The molecular formula is C18H22N4O. The van der Waals surface area contributed by atoms with Gasteiger partial charge in [0.25, 0.3) is 5.91 Å². The van der Waals surface area contributed by atoms with E-state index >= 15 is 0 Å². The maximum atomic E-state index is 11.8. The molecule has 3 rings (SSSR count). The Hall–Kier alpha value is -2.40. The molecule has 0 atom stereocenters. The fourth-order valence-electron chi connectivity index (χ4n) is 2.95. The first kappa shape index (κ1) is 15.5. The molecular weight excluding hydrogens is 288 g/mol. The van der Waals surface area contributed by atoms with Crippen molar-refractivity contribution in [2.24, 2.45) is 5.73 Å². The summed E-state index contributed by atoms with van der Waals surface area (Å²) >= 11 is 0. The lowest BCUT2D eigenvalue weighted by molar-refractivity contribution is 0.100. The number of pyridine rings is 1. The highest BCUT2D eigenvalue weighted by atomic mass is 16.1. The number of benzene rings is 1. The van der Waals surface area contributed by atoms with Gasteiger partial charge in [-0.2, -0.15) is 0 Å². The van der Waals surface area contributed by atoms with Gasteiger partial charge in [0.05, 0.1) is 5.56 Å². The summed E-state index contributed by atoms with van der Waals surface area (Å²) in [7, 11) is 2.12. The molecule has 0 aliphatic carbocycles. The van der Waals surface area contributed by atoms with Gasteiger partial charge in [0.1, 0.15) is 5.82 Å². The second-order valence-electron chi connectivity index (χ2n) is 6.06. The number of aryl methyl sites for hydroxylation is 1. The summed E-state index contributed by atoms with van der Waals surface area (Å²) in [5.74, 6) is 0.460. The van der Waals surface area contributed by atoms with Crippen molar-refractivity contribution < 1.29 is 4.79 Å². The van der Waals surface area contributed by atoms with Gasteiger partial charge in [-0.3, -0.25) is 4.79 Å². The molecule has 2 N–H and O–H groups in total. The molecule has 0 unspecified atom stereocenters. The van der Waals surface area contributed by atoms with Crippen molar-refractivity contribution in [3.05, 3.63) is 47.7 Å². The number of primary amides is 1. The Labute approximate surface area is 136 Å². The minimum Gasteiger partial charge on any atom is -0.366 e. The number of nitrogens with zero attached hydrogens (tertiary/aromatic N) is 3. The zero-order valence-corrected chi connectivity index (χ0v) is 13.6. The van der Waals surface area contributed by atoms with Gasteiger partial charge in [-0.15, -0.1) is 0 Å². The fraction of sp³-hybridized carbons (Fsp3) is 0.333. The Morgan fingerprint density at radius 1 is 1.13 bits per heavy atom. The summed E-state index contributed by atoms with van der Waals surface area (Å²) in [6, 6.07) is 10.0. The van der Waals surface area contributed by atoms with Crippen LogP contribution in [-0.4, -0.2) is 49.0 Å². The van der Waals surface area contributed by atoms with E-state index in [9.17, 15) is 4.79 Å². The zero-order chi connectivity index (χ0) is 16.4. The summed E-state index contributed by atoms with van der Waals surface area (Å²) < 4.78 is 0. The number of nitrogens with two attached hydrogens (primary N) is 1. The zero-order valence-electron chi connectivity index (χ0n) is 13.6. The lowest BCUT2D eigenvalue weighted by Gasteiger charge is -2.33. The van der Waals surface area contributed by atoms with Gasteiger partial charge in [-0.25, -0.2) is 4.98 Å². The molecule has 120 valence electrons. The number of carbonyl (C=O) groups excluding carboxylic acids is 1. The van der Waals surface area contributed by atoms with E-state index in [4.69, 9.17) is 5.73 Å². The van der Waals surface area contributed by atoms with Gasteiger partial charge in [0, 0.05) is 32.4 Å². The van der Waals surface area contributed by atoms with Crippen LogP contribution in [0.1, 0.15) is 15.9 Å². The van der Waals surface area contributed by atoms with Gasteiger partial charge in [-0.05, 0) is 36.7 Å². The van der Waals surface area contributed by atoms with Crippen LogP contribution in [0.5, 0.6) is 0 Å². The molecule has 5 heteroatoms. The van der Waals surface area contributed by atoms with E-state index in [0.29, 0.717) is 5.56 Å². The Morgan fingerprint density at radius 3 is 2.48 bits per heavy atom. The number of aromatic nitrogens is 1. The Morgan fingerprint density at radius 2 is 1.83 bits per heavy atom. The largest absolute Gasteiger partial charge is 0.366 e. The van der Waals surface area contributed by atoms with Crippen molar-refractivity contribution in [3.8, 4) is 11.1 Å². The van der Waals surface area contributed by atoms with E-state index < -0.39 is 5.91 Å². The lowest BCUT2D eigenvalue weighted by atomic mass is 9.97. The van der Waals surface area contributed by atoms with Crippen molar-refractivity contribution in [1.82, 2.24) is 9.88 Å². The number of piperazine rings is 1. The average Bonchev–Trinajstić information content (AvgIpc) is 2.55. The van der Waals surface area contributed by atoms with Gasteiger partial charge in [-0.1, -0.05) is 24.3 Å². The Kier molecular flexibility index (Phi) is 4.30. The summed E-state index contributed by atoms with van der Waals surface area (Å²) in [6.45, 7) is 5.94. The molecule has 0 bridgehead atoms. The lowest BCUT2D eigenvalue weighted by Crippen LogP contribution is -2.44. The van der Waals surface area contributed by atoms with Crippen molar-refractivity contribution in [3.63, 3.8) is 0 Å². The maximum absolute atomic E-state index is 11.8. The fourth-order valence-corrected chi connectivity index (χ4v) is 2.95. The second-order valence-corrected chi connectivity index (χ2v) is 6.06. The predicted molar refractivity (Wildman–Crippen MR) is 92.6 cm³/mol. The molecule has 5 nitrogen and oxygen atoms in total. The molecule has 0 saturated carbocycles. The normalized spacial score (nSPS) is 15.7. The highest BCUT2D eigenvalue weighted by Crippen LogP contribution is 2.29. The SMILES string of the molecule is Cc1ccccc1-c1cc(N2CCN(C)CC2)ncc1C(N)=O. The molecule has 1 aromatic carbocycles. The second kappa shape index (κ2) is 6.38. The van der Waals surface area contributed by atoms with Crippen molar-refractivity contribution >= 4 is 11.7 Å². The highest BCUT2D eigenvalue weighted by Gasteiger charge is 2.19. The number of likely N-dealkylation sites (N-methyl/N-ethyl adjacent to an activating group) is 1. The molecule has 0 radical (unpaired) electrons. The molecule has 1 amide bonds. The van der Waals surface area contributed by atoms with Crippen LogP contribution < -0.4 is 10.6 Å². The number of amides is 1. The molecule has 1 aliphatic heterocycles. The summed E-state index contributed by atoms with van der Waals surface area (Å²) in [5.41, 5.74) is 9.02. The number of hydrogen-bond donors (Lipinski definition) is 1. The Bertz CT molecular complexity index is 721.